The van der Waals surface area contributed by atoms with Crippen molar-refractivity contribution < 1.29 is 0 Å². The molecule has 0 fully saturated rings. The molecule has 2 aromatic carbocycles. The predicted molar refractivity (Wildman–Crippen MR) is 116 cm³/mol. The van der Waals surface area contributed by atoms with Crippen LogP contribution < -0.4 is 0 Å². The van der Waals surface area contributed by atoms with Gasteiger partial charge in [0.15, 0.2) is 11.5 Å². The van der Waals surface area contributed by atoms with E-state index in [1.54, 1.807) is 17.7 Å². The van der Waals surface area contributed by atoms with Crippen molar-refractivity contribution >= 4 is 27.2 Å². The number of benzene rings is 2. The van der Waals surface area contributed by atoms with E-state index in [4.69, 9.17) is 9.97 Å². The van der Waals surface area contributed by atoms with E-state index in [0.29, 0.717) is 0 Å². The first-order chi connectivity index (χ1) is 14.3. The molecule has 0 unspecified atom stereocenters. The largest absolute Gasteiger partial charge is 0.294 e. The summed E-state index contributed by atoms with van der Waals surface area (Å²) in [6, 6.07) is 20.8. The summed E-state index contributed by atoms with van der Waals surface area (Å²) < 4.78 is 1.83. The molecule has 0 radical (unpaired) electrons. The standard InChI is InChI=1S/C23H19N5S/c1-3-7-16(8-4-1)13-27-12-11-18-19(14-27)29-23-20(18)22-25-21(26-28(22)15-24-23)17-9-5-2-6-10-17/h1-10,15H,11-14H2. The molecule has 6 heteroatoms. The van der Waals surface area contributed by atoms with Gasteiger partial charge in [0.2, 0.25) is 0 Å². The van der Waals surface area contributed by atoms with Gasteiger partial charge >= 0.3 is 0 Å². The maximum absolute atomic E-state index is 4.88. The highest BCUT2D eigenvalue weighted by Gasteiger charge is 2.24. The van der Waals surface area contributed by atoms with E-state index in [0.717, 1.165) is 47.9 Å². The van der Waals surface area contributed by atoms with Gasteiger partial charge in [0.05, 0.1) is 5.39 Å². The smallest absolute Gasteiger partial charge is 0.182 e. The fourth-order valence-electron chi connectivity index (χ4n) is 4.13. The lowest BCUT2D eigenvalue weighted by molar-refractivity contribution is 0.249. The number of hydrogen-bond acceptors (Lipinski definition) is 5. The maximum atomic E-state index is 4.88. The summed E-state index contributed by atoms with van der Waals surface area (Å²) in [4.78, 5) is 14.6. The highest BCUT2D eigenvalue weighted by atomic mass is 32.1. The molecule has 0 aliphatic carbocycles. The topological polar surface area (TPSA) is 46.3 Å². The molecule has 4 heterocycles. The van der Waals surface area contributed by atoms with Crippen molar-refractivity contribution in [3.63, 3.8) is 0 Å². The highest BCUT2D eigenvalue weighted by Crippen LogP contribution is 2.36. The number of nitrogens with zero attached hydrogens (tertiary/aromatic N) is 5. The highest BCUT2D eigenvalue weighted by molar-refractivity contribution is 7.19. The fourth-order valence-corrected chi connectivity index (χ4v) is 5.36. The summed E-state index contributed by atoms with van der Waals surface area (Å²) in [5, 5.41) is 5.85. The van der Waals surface area contributed by atoms with Gasteiger partial charge in [-0.05, 0) is 17.5 Å². The van der Waals surface area contributed by atoms with Crippen molar-refractivity contribution in [1.82, 2.24) is 24.5 Å². The van der Waals surface area contributed by atoms with Crippen molar-refractivity contribution in [2.45, 2.75) is 19.5 Å². The maximum Gasteiger partial charge on any atom is 0.182 e. The zero-order valence-corrected chi connectivity index (χ0v) is 16.6. The second-order valence-electron chi connectivity index (χ2n) is 7.44. The number of hydrogen-bond donors (Lipinski definition) is 0. The van der Waals surface area contributed by atoms with Crippen molar-refractivity contribution in [3.8, 4) is 11.4 Å². The molecule has 0 bridgehead atoms. The van der Waals surface area contributed by atoms with Crippen molar-refractivity contribution in [2.24, 2.45) is 0 Å². The van der Waals surface area contributed by atoms with E-state index in [1.807, 2.05) is 34.8 Å². The van der Waals surface area contributed by atoms with Gasteiger partial charge in [0, 0.05) is 30.1 Å². The van der Waals surface area contributed by atoms with Crippen LogP contribution in [0.2, 0.25) is 0 Å². The molecular weight excluding hydrogens is 378 g/mol. The van der Waals surface area contributed by atoms with Gasteiger partial charge in [-0.1, -0.05) is 60.7 Å². The zero-order chi connectivity index (χ0) is 19.2. The van der Waals surface area contributed by atoms with E-state index in [9.17, 15) is 0 Å². The Bertz CT molecular complexity index is 1310. The van der Waals surface area contributed by atoms with Gasteiger partial charge in [-0.2, -0.15) is 0 Å². The summed E-state index contributed by atoms with van der Waals surface area (Å²) in [6.07, 6.45) is 2.82. The quantitative estimate of drug-likeness (QED) is 0.448. The summed E-state index contributed by atoms with van der Waals surface area (Å²) >= 11 is 1.80. The molecule has 0 N–H and O–H groups in total. The van der Waals surface area contributed by atoms with Crippen LogP contribution in [0.5, 0.6) is 0 Å². The third-order valence-corrected chi connectivity index (χ3v) is 6.66. The number of aromatic nitrogens is 4. The number of rotatable bonds is 3. The lowest BCUT2D eigenvalue weighted by Crippen LogP contribution is -2.29. The molecule has 1 aliphatic rings. The van der Waals surface area contributed by atoms with Crippen LogP contribution in [-0.4, -0.2) is 31.0 Å². The van der Waals surface area contributed by atoms with Crippen molar-refractivity contribution in [3.05, 3.63) is 83.0 Å². The van der Waals surface area contributed by atoms with E-state index >= 15 is 0 Å². The van der Waals surface area contributed by atoms with E-state index in [2.05, 4.69) is 40.3 Å². The summed E-state index contributed by atoms with van der Waals surface area (Å²) in [6.45, 7) is 3.01. The number of fused-ring (bicyclic) bond motifs is 5. The molecule has 0 saturated heterocycles. The summed E-state index contributed by atoms with van der Waals surface area (Å²) in [5.74, 6) is 0.751. The Morgan fingerprint density at radius 2 is 1.76 bits per heavy atom. The van der Waals surface area contributed by atoms with Gasteiger partial charge in [-0.3, -0.25) is 4.90 Å². The average Bonchev–Trinajstić information content (AvgIpc) is 3.36. The Labute approximate surface area is 172 Å². The molecule has 1 aliphatic heterocycles. The minimum absolute atomic E-state index is 0.751. The van der Waals surface area contributed by atoms with E-state index < -0.39 is 0 Å². The molecule has 142 valence electrons. The summed E-state index contributed by atoms with van der Waals surface area (Å²) in [7, 11) is 0. The minimum atomic E-state index is 0.751. The molecule has 0 spiro atoms. The number of thiophene rings is 1. The normalized spacial score (nSPS) is 14.5. The Morgan fingerprint density at radius 1 is 0.966 bits per heavy atom. The van der Waals surface area contributed by atoms with E-state index in [-0.39, 0.29) is 0 Å². The van der Waals surface area contributed by atoms with Gasteiger partial charge in [0.1, 0.15) is 11.2 Å². The van der Waals surface area contributed by atoms with Crippen LogP contribution in [0.4, 0.5) is 0 Å². The van der Waals surface area contributed by atoms with Crippen LogP contribution in [-0.2, 0) is 19.5 Å². The lowest BCUT2D eigenvalue weighted by atomic mass is 10.0. The molecule has 5 nitrogen and oxygen atoms in total. The van der Waals surface area contributed by atoms with Crippen LogP contribution in [0.15, 0.2) is 67.0 Å². The van der Waals surface area contributed by atoms with Crippen LogP contribution in [0.1, 0.15) is 16.0 Å². The van der Waals surface area contributed by atoms with Crippen molar-refractivity contribution in [1.29, 1.82) is 0 Å². The zero-order valence-electron chi connectivity index (χ0n) is 15.8. The second-order valence-corrected chi connectivity index (χ2v) is 8.53. The lowest BCUT2D eigenvalue weighted by Gasteiger charge is -2.26. The molecule has 0 atom stereocenters. The first kappa shape index (κ1) is 16.8. The second kappa shape index (κ2) is 6.76. The van der Waals surface area contributed by atoms with Gasteiger partial charge in [-0.25, -0.2) is 14.5 Å². The Hall–Kier alpha value is -3.09. The Morgan fingerprint density at radius 3 is 2.59 bits per heavy atom. The molecule has 5 aromatic rings. The monoisotopic (exact) mass is 397 g/mol. The molecule has 0 saturated carbocycles. The molecule has 0 amide bonds. The van der Waals surface area contributed by atoms with Gasteiger partial charge in [-0.15, -0.1) is 16.4 Å². The minimum Gasteiger partial charge on any atom is -0.294 e. The Balaban J connectivity index is 1.40. The van der Waals surface area contributed by atoms with Gasteiger partial charge in [0.25, 0.3) is 0 Å². The first-order valence-corrected chi connectivity index (χ1v) is 10.6. The molecule has 29 heavy (non-hydrogen) atoms. The Kier molecular flexibility index (Phi) is 3.92. The third kappa shape index (κ3) is 2.92. The first-order valence-electron chi connectivity index (χ1n) is 9.82. The van der Waals surface area contributed by atoms with Crippen LogP contribution >= 0.6 is 11.3 Å². The predicted octanol–water partition coefficient (Wildman–Crippen LogP) is 4.56. The van der Waals surface area contributed by atoms with Crippen LogP contribution in [0.3, 0.4) is 0 Å². The van der Waals surface area contributed by atoms with E-state index in [1.165, 1.54) is 21.4 Å². The third-order valence-electron chi connectivity index (χ3n) is 5.54. The SMILES string of the molecule is c1ccc(CN2CCc3c(sc4ncn5nc(-c6ccccc6)nc5c34)C2)cc1. The van der Waals surface area contributed by atoms with Crippen molar-refractivity contribution in [2.75, 3.05) is 6.54 Å². The van der Waals surface area contributed by atoms with Crippen LogP contribution in [0.25, 0.3) is 27.3 Å². The molecule has 6 rings (SSSR count). The summed E-state index contributed by atoms with van der Waals surface area (Å²) in [5.41, 5.74) is 4.72. The average molecular weight is 398 g/mol. The fraction of sp³-hybridized carbons (Fsp3) is 0.174. The molecular formula is C23H19N5S. The molecule has 3 aromatic heterocycles. The van der Waals surface area contributed by atoms with Gasteiger partial charge < -0.3 is 0 Å². The van der Waals surface area contributed by atoms with Crippen LogP contribution in [0, 0.1) is 0 Å².